The van der Waals surface area contributed by atoms with Gasteiger partial charge in [-0.15, -0.1) is 11.3 Å². The summed E-state index contributed by atoms with van der Waals surface area (Å²) in [6.07, 6.45) is 6.37. The van der Waals surface area contributed by atoms with Crippen LogP contribution in [0.5, 0.6) is 0 Å². The molecule has 2 aromatic heterocycles. The van der Waals surface area contributed by atoms with Crippen molar-refractivity contribution in [2.24, 2.45) is 0 Å². The third-order valence-corrected chi connectivity index (χ3v) is 5.41. The predicted octanol–water partition coefficient (Wildman–Crippen LogP) is 4.69. The molecule has 0 bridgehead atoms. The van der Waals surface area contributed by atoms with Gasteiger partial charge in [-0.2, -0.15) is 0 Å². The van der Waals surface area contributed by atoms with Crippen molar-refractivity contribution in [3.05, 3.63) is 75.5 Å². The van der Waals surface area contributed by atoms with Crippen molar-refractivity contribution < 1.29 is 19.8 Å². The molecule has 2 N–H and O–H groups in total. The SMILES string of the molecule is CCCCc1ncc(/C=C(\Cc2cccs2)C(=O)O)n1-c1ccc(C(=O)O)cc1. The third-order valence-electron chi connectivity index (χ3n) is 4.53. The highest BCUT2D eigenvalue weighted by molar-refractivity contribution is 7.09. The first-order valence-corrected chi connectivity index (χ1v) is 10.2. The Hall–Kier alpha value is -3.19. The number of carboxylic acids is 2. The van der Waals surface area contributed by atoms with Crippen LogP contribution in [0.3, 0.4) is 0 Å². The van der Waals surface area contributed by atoms with Crippen LogP contribution in [0.4, 0.5) is 0 Å². The Labute approximate surface area is 172 Å². The van der Waals surface area contributed by atoms with Gasteiger partial charge in [0.15, 0.2) is 0 Å². The molecule has 0 radical (unpaired) electrons. The summed E-state index contributed by atoms with van der Waals surface area (Å²) in [4.78, 5) is 28.5. The first kappa shape index (κ1) is 20.5. The maximum atomic E-state index is 11.8. The number of aryl methyl sites for hydroxylation is 1. The first-order valence-electron chi connectivity index (χ1n) is 9.36. The molecule has 1 aromatic carbocycles. The lowest BCUT2D eigenvalue weighted by Crippen LogP contribution is -2.07. The molecule has 0 fully saturated rings. The second-order valence-electron chi connectivity index (χ2n) is 6.62. The monoisotopic (exact) mass is 410 g/mol. The van der Waals surface area contributed by atoms with Crippen LogP contribution in [0.15, 0.2) is 53.5 Å². The Balaban J connectivity index is 2.04. The van der Waals surface area contributed by atoms with Gasteiger partial charge in [-0.3, -0.25) is 4.57 Å². The van der Waals surface area contributed by atoms with E-state index in [4.69, 9.17) is 5.11 Å². The summed E-state index contributed by atoms with van der Waals surface area (Å²) in [6, 6.07) is 10.3. The number of imidazole rings is 1. The van der Waals surface area contributed by atoms with E-state index >= 15 is 0 Å². The third kappa shape index (κ3) is 5.00. The van der Waals surface area contributed by atoms with Gasteiger partial charge in [0.25, 0.3) is 0 Å². The van der Waals surface area contributed by atoms with Gasteiger partial charge in [-0.1, -0.05) is 19.4 Å². The van der Waals surface area contributed by atoms with Gasteiger partial charge in [0, 0.05) is 29.0 Å². The molecule has 150 valence electrons. The number of benzene rings is 1. The molecular formula is C22H22N2O4S. The summed E-state index contributed by atoms with van der Waals surface area (Å²) < 4.78 is 1.90. The number of rotatable bonds is 9. The van der Waals surface area contributed by atoms with Gasteiger partial charge >= 0.3 is 11.9 Å². The molecule has 29 heavy (non-hydrogen) atoms. The number of nitrogens with zero attached hydrogens (tertiary/aromatic N) is 2. The van der Waals surface area contributed by atoms with E-state index in [2.05, 4.69) is 11.9 Å². The molecule has 0 aliphatic rings. The Bertz CT molecular complexity index is 1020. The summed E-state index contributed by atoms with van der Waals surface area (Å²) in [5, 5.41) is 20.7. The molecule has 0 amide bonds. The number of unbranched alkanes of at least 4 members (excludes halogenated alkanes) is 1. The smallest absolute Gasteiger partial charge is 0.335 e. The van der Waals surface area contributed by atoms with E-state index in [0.717, 1.165) is 35.7 Å². The summed E-state index contributed by atoms with van der Waals surface area (Å²) in [6.45, 7) is 2.10. The fourth-order valence-corrected chi connectivity index (χ4v) is 3.77. The molecule has 3 rings (SSSR count). The number of carbonyl (C=O) groups is 2. The van der Waals surface area contributed by atoms with Crippen molar-refractivity contribution in [3.63, 3.8) is 0 Å². The number of aromatic carboxylic acids is 1. The second kappa shape index (κ2) is 9.34. The maximum absolute atomic E-state index is 11.8. The van der Waals surface area contributed by atoms with Crippen molar-refractivity contribution in [2.75, 3.05) is 0 Å². The Morgan fingerprint density at radius 3 is 2.52 bits per heavy atom. The van der Waals surface area contributed by atoms with Crippen molar-refractivity contribution >= 4 is 29.4 Å². The minimum atomic E-state index is -0.988. The molecule has 6 nitrogen and oxygen atoms in total. The summed E-state index contributed by atoms with van der Waals surface area (Å²) >= 11 is 1.52. The highest BCUT2D eigenvalue weighted by Crippen LogP contribution is 2.22. The minimum absolute atomic E-state index is 0.199. The molecular weight excluding hydrogens is 388 g/mol. The van der Waals surface area contributed by atoms with Gasteiger partial charge in [0.2, 0.25) is 0 Å². The van der Waals surface area contributed by atoms with Crippen molar-refractivity contribution in [1.29, 1.82) is 0 Å². The number of aliphatic carboxylic acids is 1. The lowest BCUT2D eigenvalue weighted by atomic mass is 10.1. The number of carboxylic acid groups (broad SMARTS) is 2. The highest BCUT2D eigenvalue weighted by Gasteiger charge is 2.15. The number of hydrogen-bond donors (Lipinski definition) is 2. The van der Waals surface area contributed by atoms with Gasteiger partial charge in [-0.25, -0.2) is 14.6 Å². The number of hydrogen-bond acceptors (Lipinski definition) is 4. The van der Waals surface area contributed by atoms with E-state index in [1.54, 1.807) is 36.5 Å². The molecule has 0 atom stereocenters. The fourth-order valence-electron chi connectivity index (χ4n) is 3.04. The average Bonchev–Trinajstić information content (AvgIpc) is 3.35. The van der Waals surface area contributed by atoms with Crippen LogP contribution in [-0.2, 0) is 17.6 Å². The fraction of sp³-hybridized carbons (Fsp3) is 0.227. The van der Waals surface area contributed by atoms with Crippen LogP contribution in [-0.4, -0.2) is 31.7 Å². The molecule has 0 saturated heterocycles. The summed E-state index contributed by atoms with van der Waals surface area (Å²) in [7, 11) is 0. The minimum Gasteiger partial charge on any atom is -0.478 e. The van der Waals surface area contributed by atoms with Gasteiger partial charge in [-0.05, 0) is 48.2 Å². The normalized spacial score (nSPS) is 11.6. The van der Waals surface area contributed by atoms with Crippen molar-refractivity contribution in [1.82, 2.24) is 9.55 Å². The van der Waals surface area contributed by atoms with Crippen molar-refractivity contribution in [3.8, 4) is 5.69 Å². The van der Waals surface area contributed by atoms with Gasteiger partial charge in [0.1, 0.15) is 5.82 Å². The highest BCUT2D eigenvalue weighted by atomic mass is 32.1. The standard InChI is InChI=1S/C22H22N2O4S/c1-2-3-6-20-23-14-18(12-16(22(27)28)13-19-5-4-11-29-19)24(20)17-9-7-15(8-10-17)21(25)26/h4-5,7-12,14H,2-3,6,13H2,1H3,(H,25,26)(H,27,28)/b16-12+. The zero-order chi connectivity index (χ0) is 20.8. The summed E-state index contributed by atoms with van der Waals surface area (Å²) in [5.74, 6) is -1.14. The van der Waals surface area contributed by atoms with E-state index in [9.17, 15) is 14.7 Å². The first-order chi connectivity index (χ1) is 14.0. The van der Waals surface area contributed by atoms with Crippen LogP contribution in [0.1, 0.15) is 46.5 Å². The Kier molecular flexibility index (Phi) is 6.61. The molecule has 0 unspecified atom stereocenters. The van der Waals surface area contributed by atoms with E-state index in [1.807, 2.05) is 22.1 Å². The molecule has 3 aromatic rings. The van der Waals surface area contributed by atoms with Crippen LogP contribution in [0.2, 0.25) is 0 Å². The number of thiophene rings is 1. The Morgan fingerprint density at radius 2 is 1.93 bits per heavy atom. The summed E-state index contributed by atoms with van der Waals surface area (Å²) in [5.41, 5.74) is 1.89. The predicted molar refractivity (Wildman–Crippen MR) is 113 cm³/mol. The van der Waals surface area contributed by atoms with E-state index < -0.39 is 11.9 Å². The zero-order valence-corrected chi connectivity index (χ0v) is 16.9. The Morgan fingerprint density at radius 1 is 1.17 bits per heavy atom. The molecule has 0 aliphatic carbocycles. The average molecular weight is 410 g/mol. The van der Waals surface area contributed by atoms with Crippen LogP contribution in [0, 0.1) is 0 Å². The van der Waals surface area contributed by atoms with E-state index in [1.165, 1.54) is 11.3 Å². The molecule has 0 aliphatic heterocycles. The lowest BCUT2D eigenvalue weighted by molar-refractivity contribution is -0.132. The molecule has 0 spiro atoms. The van der Waals surface area contributed by atoms with E-state index in [0.29, 0.717) is 12.1 Å². The zero-order valence-electron chi connectivity index (χ0n) is 16.0. The molecule has 2 heterocycles. The molecule has 7 heteroatoms. The second-order valence-corrected chi connectivity index (χ2v) is 7.65. The quantitative estimate of drug-likeness (QED) is 0.500. The van der Waals surface area contributed by atoms with E-state index in [-0.39, 0.29) is 11.1 Å². The maximum Gasteiger partial charge on any atom is 0.335 e. The lowest BCUT2D eigenvalue weighted by Gasteiger charge is -2.11. The van der Waals surface area contributed by atoms with Crippen molar-refractivity contribution in [2.45, 2.75) is 32.6 Å². The van der Waals surface area contributed by atoms with Crippen LogP contribution < -0.4 is 0 Å². The number of aromatic nitrogens is 2. The van der Waals surface area contributed by atoms with Gasteiger partial charge in [0.05, 0.1) is 17.5 Å². The van der Waals surface area contributed by atoms with Gasteiger partial charge < -0.3 is 10.2 Å². The van der Waals surface area contributed by atoms with Crippen LogP contribution >= 0.6 is 11.3 Å². The largest absolute Gasteiger partial charge is 0.478 e. The topological polar surface area (TPSA) is 92.4 Å². The molecule has 0 saturated carbocycles. The van der Waals surface area contributed by atoms with Crippen LogP contribution in [0.25, 0.3) is 11.8 Å².